The minimum absolute atomic E-state index is 0.0765. The van der Waals surface area contributed by atoms with Crippen LogP contribution in [0.1, 0.15) is 19.5 Å². The molecule has 0 unspecified atom stereocenters. The number of hydrogen-bond acceptors (Lipinski definition) is 4. The Morgan fingerprint density at radius 1 is 1.50 bits per heavy atom. The second-order valence-electron chi connectivity index (χ2n) is 5.08. The number of carbonyl (C=O) groups is 1. The normalized spacial score (nSPS) is 11.6. The maximum Gasteiger partial charge on any atom is 0.234 e. The van der Waals surface area contributed by atoms with Crippen molar-refractivity contribution in [2.45, 2.75) is 26.0 Å². The molecular weight excluding hydrogens is 230 g/mol. The van der Waals surface area contributed by atoms with Crippen LogP contribution in [-0.4, -0.2) is 46.6 Å². The maximum absolute atomic E-state index is 11.7. The summed E-state index contributed by atoms with van der Waals surface area (Å²) in [5.41, 5.74) is 0.0340. The molecule has 0 atom stereocenters. The lowest BCUT2D eigenvalue weighted by Crippen LogP contribution is -2.41. The first-order valence-corrected chi connectivity index (χ1v) is 5.94. The fourth-order valence-corrected chi connectivity index (χ4v) is 1.71. The van der Waals surface area contributed by atoms with Crippen LogP contribution >= 0.6 is 0 Å². The van der Waals surface area contributed by atoms with Crippen LogP contribution < -0.4 is 5.32 Å². The molecule has 1 rings (SSSR count). The van der Waals surface area contributed by atoms with Gasteiger partial charge in [0.25, 0.3) is 0 Å². The van der Waals surface area contributed by atoms with Crippen molar-refractivity contribution in [1.29, 1.82) is 0 Å². The van der Waals surface area contributed by atoms with E-state index in [4.69, 9.17) is 0 Å². The number of nitrogens with zero attached hydrogens (tertiary/aromatic N) is 2. The van der Waals surface area contributed by atoms with E-state index in [1.807, 2.05) is 18.2 Å². The molecule has 18 heavy (non-hydrogen) atoms. The van der Waals surface area contributed by atoms with Gasteiger partial charge in [-0.25, -0.2) is 0 Å². The number of rotatable bonds is 6. The van der Waals surface area contributed by atoms with E-state index in [0.29, 0.717) is 13.1 Å². The molecule has 2 N–H and O–H groups in total. The first-order chi connectivity index (χ1) is 8.37. The van der Waals surface area contributed by atoms with E-state index in [2.05, 4.69) is 10.3 Å². The van der Waals surface area contributed by atoms with Gasteiger partial charge in [0.15, 0.2) is 0 Å². The molecule has 1 aromatic rings. The molecule has 0 aliphatic heterocycles. The molecule has 0 bridgehead atoms. The topological polar surface area (TPSA) is 65.5 Å². The first kappa shape index (κ1) is 14.6. The number of aromatic nitrogens is 1. The van der Waals surface area contributed by atoms with Crippen LogP contribution in [0.2, 0.25) is 0 Å². The summed E-state index contributed by atoms with van der Waals surface area (Å²) >= 11 is 0. The third-order valence-corrected chi connectivity index (χ3v) is 2.26. The van der Waals surface area contributed by atoms with Crippen molar-refractivity contribution in [2.24, 2.45) is 0 Å². The average Bonchev–Trinajstić information content (AvgIpc) is 2.25. The van der Waals surface area contributed by atoms with Gasteiger partial charge in [0.05, 0.1) is 24.4 Å². The van der Waals surface area contributed by atoms with E-state index >= 15 is 0 Å². The van der Waals surface area contributed by atoms with Gasteiger partial charge in [0.2, 0.25) is 5.91 Å². The predicted octanol–water partition coefficient (Wildman–Crippen LogP) is 0.400. The van der Waals surface area contributed by atoms with E-state index in [1.54, 1.807) is 32.0 Å². The summed E-state index contributed by atoms with van der Waals surface area (Å²) in [7, 11) is 1.80. The van der Waals surface area contributed by atoms with Crippen LogP contribution in [0.4, 0.5) is 0 Å². The molecule has 5 heteroatoms. The lowest BCUT2D eigenvalue weighted by atomic mass is 10.1. The van der Waals surface area contributed by atoms with Crippen molar-refractivity contribution < 1.29 is 9.90 Å². The minimum atomic E-state index is -0.796. The van der Waals surface area contributed by atoms with E-state index in [-0.39, 0.29) is 12.5 Å². The zero-order valence-electron chi connectivity index (χ0n) is 11.2. The average molecular weight is 251 g/mol. The Hall–Kier alpha value is -1.46. The Morgan fingerprint density at radius 2 is 2.22 bits per heavy atom. The predicted molar refractivity (Wildman–Crippen MR) is 69.9 cm³/mol. The summed E-state index contributed by atoms with van der Waals surface area (Å²) in [5.74, 6) is -0.0765. The Bertz CT molecular complexity index is 374. The molecule has 0 saturated carbocycles. The Labute approximate surface area is 108 Å². The van der Waals surface area contributed by atoms with Gasteiger partial charge in [0, 0.05) is 12.7 Å². The van der Waals surface area contributed by atoms with Crippen molar-refractivity contribution in [3.63, 3.8) is 0 Å². The number of pyridine rings is 1. The zero-order valence-corrected chi connectivity index (χ0v) is 11.2. The highest BCUT2D eigenvalue weighted by Gasteiger charge is 2.17. The van der Waals surface area contributed by atoms with Crippen molar-refractivity contribution in [1.82, 2.24) is 15.2 Å². The molecule has 0 fully saturated rings. The number of likely N-dealkylation sites (N-methyl/N-ethyl adjacent to an activating group) is 1. The van der Waals surface area contributed by atoms with Crippen LogP contribution in [0.15, 0.2) is 24.4 Å². The lowest BCUT2D eigenvalue weighted by molar-refractivity contribution is -0.122. The fourth-order valence-electron chi connectivity index (χ4n) is 1.71. The van der Waals surface area contributed by atoms with Gasteiger partial charge < -0.3 is 10.4 Å². The molecule has 0 aliphatic rings. The molecule has 0 radical (unpaired) electrons. The van der Waals surface area contributed by atoms with E-state index in [0.717, 1.165) is 5.69 Å². The molecule has 1 aromatic heterocycles. The number of amides is 1. The SMILES string of the molecule is CN(CC(=O)NCc1ccccn1)CC(C)(C)O. The summed E-state index contributed by atoms with van der Waals surface area (Å²) < 4.78 is 0. The molecule has 0 aliphatic carbocycles. The smallest absolute Gasteiger partial charge is 0.234 e. The van der Waals surface area contributed by atoms with Gasteiger partial charge in [0.1, 0.15) is 0 Å². The standard InChI is InChI=1S/C13H21N3O2/c1-13(2,18)10-16(3)9-12(17)15-8-11-6-4-5-7-14-11/h4-7,18H,8-10H2,1-3H3,(H,15,17). The summed E-state index contributed by atoms with van der Waals surface area (Å²) in [6.07, 6.45) is 1.70. The van der Waals surface area contributed by atoms with E-state index in [9.17, 15) is 9.90 Å². The third kappa shape index (κ3) is 6.32. The van der Waals surface area contributed by atoms with Crippen LogP contribution in [0.25, 0.3) is 0 Å². The molecule has 0 saturated heterocycles. The van der Waals surface area contributed by atoms with Crippen molar-refractivity contribution in [2.75, 3.05) is 20.1 Å². The highest BCUT2D eigenvalue weighted by Crippen LogP contribution is 2.02. The van der Waals surface area contributed by atoms with Crippen molar-refractivity contribution in [3.05, 3.63) is 30.1 Å². The molecule has 1 amide bonds. The van der Waals surface area contributed by atoms with Gasteiger partial charge in [-0.3, -0.25) is 14.7 Å². The molecule has 5 nitrogen and oxygen atoms in total. The summed E-state index contributed by atoms with van der Waals surface area (Å²) in [4.78, 5) is 17.6. The molecule has 0 aromatic carbocycles. The second-order valence-corrected chi connectivity index (χ2v) is 5.08. The minimum Gasteiger partial charge on any atom is -0.389 e. The zero-order chi connectivity index (χ0) is 13.6. The van der Waals surface area contributed by atoms with Gasteiger partial charge in [-0.1, -0.05) is 6.07 Å². The van der Waals surface area contributed by atoms with Crippen molar-refractivity contribution in [3.8, 4) is 0 Å². The first-order valence-electron chi connectivity index (χ1n) is 5.94. The lowest BCUT2D eigenvalue weighted by Gasteiger charge is -2.24. The Balaban J connectivity index is 2.30. The number of nitrogens with one attached hydrogen (secondary N) is 1. The van der Waals surface area contributed by atoms with Crippen LogP contribution in [0, 0.1) is 0 Å². The molecular formula is C13H21N3O2. The summed E-state index contributed by atoms with van der Waals surface area (Å²) in [6, 6.07) is 5.58. The van der Waals surface area contributed by atoms with E-state index in [1.165, 1.54) is 0 Å². The fraction of sp³-hybridized carbons (Fsp3) is 0.538. The molecule has 1 heterocycles. The molecule has 100 valence electrons. The van der Waals surface area contributed by atoms with Gasteiger partial charge >= 0.3 is 0 Å². The monoisotopic (exact) mass is 251 g/mol. The molecule has 0 spiro atoms. The van der Waals surface area contributed by atoms with Crippen molar-refractivity contribution >= 4 is 5.91 Å². The summed E-state index contributed by atoms with van der Waals surface area (Å²) in [5, 5.41) is 12.4. The van der Waals surface area contributed by atoms with Crippen LogP contribution in [0.3, 0.4) is 0 Å². The van der Waals surface area contributed by atoms with Crippen LogP contribution in [-0.2, 0) is 11.3 Å². The number of aliphatic hydroxyl groups is 1. The van der Waals surface area contributed by atoms with Gasteiger partial charge in [-0.15, -0.1) is 0 Å². The Kier molecular flexibility index (Phi) is 5.25. The highest BCUT2D eigenvalue weighted by molar-refractivity contribution is 5.77. The Morgan fingerprint density at radius 3 is 2.78 bits per heavy atom. The largest absolute Gasteiger partial charge is 0.389 e. The van der Waals surface area contributed by atoms with Gasteiger partial charge in [-0.2, -0.15) is 0 Å². The number of hydrogen-bond donors (Lipinski definition) is 2. The third-order valence-electron chi connectivity index (χ3n) is 2.26. The highest BCUT2D eigenvalue weighted by atomic mass is 16.3. The van der Waals surface area contributed by atoms with E-state index < -0.39 is 5.60 Å². The number of carbonyl (C=O) groups excluding carboxylic acids is 1. The maximum atomic E-state index is 11.7. The van der Waals surface area contributed by atoms with Crippen LogP contribution in [0.5, 0.6) is 0 Å². The quantitative estimate of drug-likeness (QED) is 0.768. The summed E-state index contributed by atoms with van der Waals surface area (Å²) in [6.45, 7) is 4.57. The second kappa shape index (κ2) is 6.47. The van der Waals surface area contributed by atoms with Gasteiger partial charge in [-0.05, 0) is 33.0 Å².